The standard InChI is InChI=1S/C15H22N2O/c1-15(2,3)14(11-18)17(4)10-13-7-5-6-12(8-13)9-16/h5-8,14,18H,10-11H2,1-4H3. The molecule has 0 spiro atoms. The number of hydrogen-bond acceptors (Lipinski definition) is 3. The first-order valence-electron chi connectivity index (χ1n) is 6.18. The monoisotopic (exact) mass is 246 g/mol. The maximum Gasteiger partial charge on any atom is 0.0991 e. The minimum absolute atomic E-state index is 0.0241. The highest BCUT2D eigenvalue weighted by Gasteiger charge is 2.27. The Morgan fingerprint density at radius 1 is 1.39 bits per heavy atom. The van der Waals surface area contributed by atoms with Gasteiger partial charge in [0.05, 0.1) is 18.2 Å². The van der Waals surface area contributed by atoms with Crippen LogP contribution in [0.3, 0.4) is 0 Å². The lowest BCUT2D eigenvalue weighted by Gasteiger charge is -2.36. The Hall–Kier alpha value is -1.37. The number of benzene rings is 1. The van der Waals surface area contributed by atoms with Crippen LogP contribution in [0.1, 0.15) is 31.9 Å². The Bertz CT molecular complexity index is 429. The molecule has 1 atom stereocenters. The SMILES string of the molecule is CN(Cc1cccc(C#N)c1)C(CO)C(C)(C)C. The van der Waals surface area contributed by atoms with Crippen molar-refractivity contribution in [2.24, 2.45) is 5.41 Å². The van der Waals surface area contributed by atoms with Gasteiger partial charge in [-0.3, -0.25) is 4.90 Å². The topological polar surface area (TPSA) is 47.3 Å². The highest BCUT2D eigenvalue weighted by Crippen LogP contribution is 2.24. The van der Waals surface area contributed by atoms with Gasteiger partial charge in [-0.15, -0.1) is 0 Å². The molecule has 1 rings (SSSR count). The maximum absolute atomic E-state index is 9.52. The van der Waals surface area contributed by atoms with Gasteiger partial charge in [-0.05, 0) is 30.2 Å². The first-order valence-corrected chi connectivity index (χ1v) is 6.18. The zero-order valence-electron chi connectivity index (χ0n) is 11.6. The van der Waals surface area contributed by atoms with Crippen LogP contribution in [0.5, 0.6) is 0 Å². The van der Waals surface area contributed by atoms with Gasteiger partial charge in [0.15, 0.2) is 0 Å². The van der Waals surface area contributed by atoms with E-state index in [1.165, 1.54) is 0 Å². The molecule has 0 bridgehead atoms. The first-order chi connectivity index (χ1) is 8.38. The second kappa shape index (κ2) is 5.99. The minimum Gasteiger partial charge on any atom is -0.395 e. The van der Waals surface area contributed by atoms with Gasteiger partial charge in [-0.2, -0.15) is 5.26 Å². The first kappa shape index (κ1) is 14.7. The third-order valence-electron chi connectivity index (χ3n) is 3.19. The predicted octanol–water partition coefficient (Wildman–Crippen LogP) is 2.40. The maximum atomic E-state index is 9.52. The summed E-state index contributed by atoms with van der Waals surface area (Å²) in [5, 5.41) is 18.4. The van der Waals surface area contributed by atoms with Crippen molar-refractivity contribution in [2.75, 3.05) is 13.7 Å². The Morgan fingerprint density at radius 3 is 2.56 bits per heavy atom. The molecule has 1 unspecified atom stereocenters. The number of nitriles is 1. The normalized spacial score (nSPS) is 13.4. The highest BCUT2D eigenvalue weighted by molar-refractivity contribution is 5.32. The van der Waals surface area contributed by atoms with Gasteiger partial charge in [-0.1, -0.05) is 32.9 Å². The van der Waals surface area contributed by atoms with Crippen LogP contribution in [-0.4, -0.2) is 29.7 Å². The molecule has 1 N–H and O–H groups in total. The quantitative estimate of drug-likeness (QED) is 0.887. The third kappa shape index (κ3) is 3.83. The molecule has 0 aliphatic rings. The van der Waals surface area contributed by atoms with E-state index in [0.29, 0.717) is 5.56 Å². The lowest BCUT2D eigenvalue weighted by molar-refractivity contribution is 0.0614. The van der Waals surface area contributed by atoms with Crippen LogP contribution in [0, 0.1) is 16.7 Å². The number of nitrogens with zero attached hydrogens (tertiary/aromatic N) is 2. The average Bonchev–Trinajstić information content (AvgIpc) is 2.28. The summed E-state index contributed by atoms with van der Waals surface area (Å²) in [6.07, 6.45) is 0. The smallest absolute Gasteiger partial charge is 0.0991 e. The lowest BCUT2D eigenvalue weighted by Crippen LogP contribution is -2.43. The van der Waals surface area contributed by atoms with Gasteiger partial charge < -0.3 is 5.11 Å². The molecule has 0 saturated heterocycles. The zero-order chi connectivity index (χ0) is 13.8. The molecule has 0 aliphatic heterocycles. The van der Waals surface area contributed by atoms with Gasteiger partial charge in [0.25, 0.3) is 0 Å². The summed E-state index contributed by atoms with van der Waals surface area (Å²) >= 11 is 0. The minimum atomic E-state index is 0.0241. The number of likely N-dealkylation sites (N-methyl/N-ethyl adjacent to an activating group) is 1. The lowest BCUT2D eigenvalue weighted by atomic mass is 9.86. The van der Waals surface area contributed by atoms with Crippen LogP contribution in [0.2, 0.25) is 0 Å². The largest absolute Gasteiger partial charge is 0.395 e. The van der Waals surface area contributed by atoms with E-state index in [2.05, 4.69) is 31.7 Å². The average molecular weight is 246 g/mol. The second-order valence-corrected chi connectivity index (χ2v) is 5.79. The number of aliphatic hydroxyl groups excluding tert-OH is 1. The molecule has 3 heteroatoms. The molecule has 0 amide bonds. The van der Waals surface area contributed by atoms with E-state index in [0.717, 1.165) is 12.1 Å². The molecule has 0 radical (unpaired) electrons. The number of hydrogen-bond donors (Lipinski definition) is 1. The van der Waals surface area contributed by atoms with Gasteiger partial charge in [-0.25, -0.2) is 0 Å². The molecule has 3 nitrogen and oxygen atoms in total. The van der Waals surface area contributed by atoms with E-state index in [9.17, 15) is 5.11 Å². The Balaban J connectivity index is 2.80. The Morgan fingerprint density at radius 2 is 2.06 bits per heavy atom. The molecule has 1 aromatic rings. The second-order valence-electron chi connectivity index (χ2n) is 5.79. The summed E-state index contributed by atoms with van der Waals surface area (Å²) in [5.74, 6) is 0. The molecule has 0 fully saturated rings. The van der Waals surface area contributed by atoms with E-state index in [4.69, 9.17) is 5.26 Å². The van der Waals surface area contributed by atoms with Gasteiger partial charge in [0, 0.05) is 12.6 Å². The Kier molecular flexibility index (Phi) is 4.89. The van der Waals surface area contributed by atoms with E-state index in [-0.39, 0.29) is 18.1 Å². The van der Waals surface area contributed by atoms with Crippen LogP contribution < -0.4 is 0 Å². The van der Waals surface area contributed by atoms with Crippen molar-refractivity contribution < 1.29 is 5.11 Å². The molecule has 18 heavy (non-hydrogen) atoms. The summed E-state index contributed by atoms with van der Waals surface area (Å²) in [6, 6.07) is 9.85. The number of aliphatic hydroxyl groups is 1. The van der Waals surface area contributed by atoms with E-state index in [1.807, 2.05) is 25.2 Å². The summed E-state index contributed by atoms with van der Waals surface area (Å²) in [7, 11) is 2.01. The molecular weight excluding hydrogens is 224 g/mol. The third-order valence-corrected chi connectivity index (χ3v) is 3.19. The summed E-state index contributed by atoms with van der Waals surface area (Å²) in [5.41, 5.74) is 1.80. The molecule has 1 aromatic carbocycles. The Labute approximate surface area is 110 Å². The van der Waals surface area contributed by atoms with Crippen LogP contribution in [-0.2, 0) is 6.54 Å². The van der Waals surface area contributed by atoms with Gasteiger partial charge in [0.1, 0.15) is 0 Å². The van der Waals surface area contributed by atoms with Gasteiger partial charge >= 0.3 is 0 Å². The molecule has 98 valence electrons. The summed E-state index contributed by atoms with van der Waals surface area (Å²) in [4.78, 5) is 2.14. The van der Waals surface area contributed by atoms with E-state index < -0.39 is 0 Å². The fourth-order valence-corrected chi connectivity index (χ4v) is 2.21. The summed E-state index contributed by atoms with van der Waals surface area (Å²) < 4.78 is 0. The zero-order valence-corrected chi connectivity index (χ0v) is 11.6. The molecular formula is C15H22N2O. The van der Waals surface area contributed by atoms with Crippen molar-refractivity contribution in [3.8, 4) is 6.07 Å². The van der Waals surface area contributed by atoms with Crippen LogP contribution in [0.4, 0.5) is 0 Å². The van der Waals surface area contributed by atoms with Crippen molar-refractivity contribution in [1.82, 2.24) is 4.90 Å². The van der Waals surface area contributed by atoms with Crippen molar-refractivity contribution in [1.29, 1.82) is 5.26 Å². The fourth-order valence-electron chi connectivity index (χ4n) is 2.21. The van der Waals surface area contributed by atoms with Crippen LogP contribution >= 0.6 is 0 Å². The van der Waals surface area contributed by atoms with Crippen LogP contribution in [0.15, 0.2) is 24.3 Å². The molecule has 0 aromatic heterocycles. The highest BCUT2D eigenvalue weighted by atomic mass is 16.3. The molecule has 0 aliphatic carbocycles. The molecule has 0 heterocycles. The van der Waals surface area contributed by atoms with Crippen molar-refractivity contribution in [2.45, 2.75) is 33.4 Å². The van der Waals surface area contributed by atoms with Crippen molar-refractivity contribution in [3.05, 3.63) is 35.4 Å². The predicted molar refractivity (Wildman–Crippen MR) is 73.0 cm³/mol. The van der Waals surface area contributed by atoms with Gasteiger partial charge in [0.2, 0.25) is 0 Å². The van der Waals surface area contributed by atoms with Crippen LogP contribution in [0.25, 0.3) is 0 Å². The fraction of sp³-hybridized carbons (Fsp3) is 0.533. The molecule has 0 saturated carbocycles. The number of rotatable bonds is 4. The summed E-state index contributed by atoms with van der Waals surface area (Å²) in [6.45, 7) is 7.23. The van der Waals surface area contributed by atoms with Crippen molar-refractivity contribution >= 4 is 0 Å². The van der Waals surface area contributed by atoms with Crippen molar-refractivity contribution in [3.63, 3.8) is 0 Å². The van der Waals surface area contributed by atoms with E-state index >= 15 is 0 Å². The van der Waals surface area contributed by atoms with E-state index in [1.54, 1.807) is 6.07 Å².